The summed E-state index contributed by atoms with van der Waals surface area (Å²) < 4.78 is 45.4. The van der Waals surface area contributed by atoms with E-state index in [1.165, 1.54) is 17.2 Å². The normalized spacial score (nSPS) is 20.3. The number of fused-ring (bicyclic) bond motifs is 2. The van der Waals surface area contributed by atoms with Gasteiger partial charge >= 0.3 is 6.18 Å². The molecule has 1 N–H and O–H groups in total. The number of rotatable bonds is 6. The second kappa shape index (κ2) is 9.93. The first-order valence-corrected chi connectivity index (χ1v) is 12.0. The Labute approximate surface area is 209 Å². The summed E-state index contributed by atoms with van der Waals surface area (Å²) >= 11 is 0. The first-order chi connectivity index (χ1) is 17.1. The number of aromatic nitrogens is 2. The van der Waals surface area contributed by atoms with E-state index < -0.39 is 11.7 Å². The summed E-state index contributed by atoms with van der Waals surface area (Å²) in [5.41, 5.74) is 2.77. The number of hydrogen-bond donors (Lipinski definition) is 1. The van der Waals surface area contributed by atoms with Gasteiger partial charge in [-0.15, -0.1) is 0 Å². The van der Waals surface area contributed by atoms with Crippen LogP contribution < -0.4 is 0 Å². The summed E-state index contributed by atoms with van der Waals surface area (Å²) in [5.74, 6) is 1.03. The Morgan fingerprint density at radius 3 is 2.61 bits per heavy atom. The average Bonchev–Trinajstić information content (AvgIpc) is 3.38. The Kier molecular flexibility index (Phi) is 7.09. The molecule has 5 nitrogen and oxygen atoms in total. The molecular weight excluding hydrogens is 465 g/mol. The molecule has 1 atom stereocenters. The lowest BCUT2D eigenvalue weighted by Gasteiger charge is -2.40. The first-order valence-electron chi connectivity index (χ1n) is 12.0. The van der Waals surface area contributed by atoms with Gasteiger partial charge in [0.05, 0.1) is 23.1 Å². The summed E-state index contributed by atoms with van der Waals surface area (Å²) in [4.78, 5) is 14.0. The predicted octanol–water partition coefficient (Wildman–Crippen LogP) is 7.05. The lowest BCUT2D eigenvalue weighted by Crippen LogP contribution is -2.41. The molecule has 1 aromatic heterocycles. The van der Waals surface area contributed by atoms with Gasteiger partial charge in [-0.25, -0.2) is 9.98 Å². The minimum absolute atomic E-state index is 0.0830. The van der Waals surface area contributed by atoms with Gasteiger partial charge in [0.25, 0.3) is 0 Å². The second-order valence-electron chi connectivity index (χ2n) is 9.16. The summed E-state index contributed by atoms with van der Waals surface area (Å²) in [6, 6.07) is 8.42. The summed E-state index contributed by atoms with van der Waals surface area (Å²) in [5, 5.41) is 0. The Morgan fingerprint density at radius 2 is 1.97 bits per heavy atom. The van der Waals surface area contributed by atoms with Crippen molar-refractivity contribution in [3.63, 3.8) is 0 Å². The fourth-order valence-corrected chi connectivity index (χ4v) is 4.84. The zero-order valence-electron chi connectivity index (χ0n) is 20.8. The van der Waals surface area contributed by atoms with Crippen molar-refractivity contribution in [2.24, 2.45) is 4.99 Å². The lowest BCUT2D eigenvalue weighted by molar-refractivity contribution is -0.100. The zero-order valence-corrected chi connectivity index (χ0v) is 20.8. The van der Waals surface area contributed by atoms with E-state index in [4.69, 9.17) is 4.74 Å². The van der Waals surface area contributed by atoms with Crippen molar-refractivity contribution >= 4 is 23.9 Å². The van der Waals surface area contributed by atoms with Crippen molar-refractivity contribution in [1.29, 1.82) is 0 Å². The van der Waals surface area contributed by atoms with Gasteiger partial charge in [-0.1, -0.05) is 43.5 Å². The molecule has 2 aliphatic heterocycles. The molecule has 3 heterocycles. The van der Waals surface area contributed by atoms with Crippen LogP contribution >= 0.6 is 0 Å². The number of aromatic amines is 1. The van der Waals surface area contributed by atoms with Crippen LogP contribution in [0.2, 0.25) is 0 Å². The SMILES string of the molecule is C=Cc1nc(C(/C=N\C(=C)N2CCC3(CC2)OC(C)c2ccccc23)=C/C)[nH]c1/C=C(\C)C(F)(F)F. The van der Waals surface area contributed by atoms with Gasteiger partial charge in [-0.05, 0) is 56.9 Å². The number of allylic oxidation sites excluding steroid dienone is 3. The van der Waals surface area contributed by atoms with Crippen LogP contribution in [0, 0.1) is 0 Å². The van der Waals surface area contributed by atoms with Crippen molar-refractivity contribution < 1.29 is 17.9 Å². The minimum atomic E-state index is -4.41. The highest BCUT2D eigenvalue weighted by Crippen LogP contribution is 2.49. The molecule has 2 aliphatic rings. The van der Waals surface area contributed by atoms with Gasteiger partial charge < -0.3 is 14.6 Å². The molecule has 0 saturated carbocycles. The van der Waals surface area contributed by atoms with Crippen molar-refractivity contribution in [1.82, 2.24) is 14.9 Å². The number of imidazole rings is 1. The van der Waals surface area contributed by atoms with E-state index in [9.17, 15) is 13.2 Å². The number of nitrogens with zero attached hydrogens (tertiary/aromatic N) is 3. The lowest BCUT2D eigenvalue weighted by atomic mass is 9.83. The zero-order chi connectivity index (χ0) is 26.1. The maximum absolute atomic E-state index is 13.0. The molecule has 1 aromatic carbocycles. The second-order valence-corrected chi connectivity index (χ2v) is 9.16. The number of hydrogen-bond acceptors (Lipinski definition) is 4. The average molecular weight is 497 g/mol. The van der Waals surface area contributed by atoms with Crippen LogP contribution in [0.25, 0.3) is 17.7 Å². The van der Waals surface area contributed by atoms with Gasteiger partial charge in [0.2, 0.25) is 0 Å². The van der Waals surface area contributed by atoms with E-state index in [1.807, 2.05) is 6.92 Å². The Morgan fingerprint density at radius 1 is 1.28 bits per heavy atom. The van der Waals surface area contributed by atoms with Gasteiger partial charge in [-0.2, -0.15) is 13.2 Å². The van der Waals surface area contributed by atoms with E-state index in [2.05, 4.69) is 64.2 Å². The van der Waals surface area contributed by atoms with Crippen LogP contribution in [0.4, 0.5) is 13.2 Å². The van der Waals surface area contributed by atoms with Crippen molar-refractivity contribution in [2.45, 2.75) is 51.5 Å². The predicted molar refractivity (Wildman–Crippen MR) is 138 cm³/mol. The number of piperidine rings is 1. The number of alkyl halides is 3. The van der Waals surface area contributed by atoms with Gasteiger partial charge in [0.15, 0.2) is 0 Å². The fraction of sp³-hybridized carbons (Fsp3) is 0.357. The number of H-pyrrole nitrogens is 1. The van der Waals surface area contributed by atoms with Crippen LogP contribution in [0.1, 0.15) is 68.1 Å². The Bertz CT molecular complexity index is 1240. The third-order valence-electron chi connectivity index (χ3n) is 6.93. The molecular formula is C28H31F3N4O. The molecule has 1 fully saturated rings. The van der Waals surface area contributed by atoms with E-state index in [-0.39, 0.29) is 17.4 Å². The molecule has 190 valence electrons. The highest BCUT2D eigenvalue weighted by Gasteiger charge is 2.45. The molecule has 2 aromatic rings. The van der Waals surface area contributed by atoms with Crippen molar-refractivity contribution in [3.05, 3.63) is 83.2 Å². The van der Waals surface area contributed by atoms with E-state index in [0.29, 0.717) is 22.9 Å². The monoisotopic (exact) mass is 496 g/mol. The third-order valence-corrected chi connectivity index (χ3v) is 6.93. The number of nitrogens with one attached hydrogen (secondary N) is 1. The molecule has 8 heteroatoms. The van der Waals surface area contributed by atoms with Gasteiger partial charge in [-0.3, -0.25) is 0 Å². The van der Waals surface area contributed by atoms with Crippen LogP contribution in [0.15, 0.2) is 59.9 Å². The Hall–Kier alpha value is -3.39. The minimum Gasteiger partial charge on any atom is -0.363 e. The third kappa shape index (κ3) is 4.95. The van der Waals surface area contributed by atoms with E-state index in [1.54, 1.807) is 12.3 Å². The van der Waals surface area contributed by atoms with Crippen LogP contribution in [-0.2, 0) is 10.3 Å². The standard InChI is InChI=1S/C28H31F3N4O/c1-6-21(26-33-24(7-2)25(34-26)16-18(3)28(29,30)31)17-32-20(5)35-14-12-27(13-15-35)23-11-9-8-10-22(23)19(4)36-27/h6-11,16-17,19H,2,5,12-15H2,1,3-4H3,(H,33,34)/b18-16+,21-6+,32-17-. The number of benzene rings is 1. The molecule has 0 bridgehead atoms. The molecule has 1 spiro atoms. The molecule has 4 rings (SSSR count). The van der Waals surface area contributed by atoms with E-state index >= 15 is 0 Å². The summed E-state index contributed by atoms with van der Waals surface area (Å²) in [6.45, 7) is 14.3. The Balaban J connectivity index is 1.45. The smallest absolute Gasteiger partial charge is 0.363 e. The van der Waals surface area contributed by atoms with Crippen LogP contribution in [-0.4, -0.2) is 40.3 Å². The molecule has 0 amide bonds. The number of halogens is 3. The maximum atomic E-state index is 13.0. The topological polar surface area (TPSA) is 53.5 Å². The molecule has 0 aliphatic carbocycles. The van der Waals surface area contributed by atoms with Crippen molar-refractivity contribution in [2.75, 3.05) is 13.1 Å². The van der Waals surface area contributed by atoms with Gasteiger partial charge in [0, 0.05) is 30.5 Å². The van der Waals surface area contributed by atoms with Crippen LogP contribution in [0.5, 0.6) is 0 Å². The number of aliphatic imine (C=N–C) groups is 1. The van der Waals surface area contributed by atoms with Gasteiger partial charge in [0.1, 0.15) is 11.6 Å². The highest BCUT2D eigenvalue weighted by atomic mass is 19.4. The fourth-order valence-electron chi connectivity index (χ4n) is 4.84. The number of ether oxygens (including phenoxy) is 1. The summed E-state index contributed by atoms with van der Waals surface area (Å²) in [7, 11) is 0. The molecule has 0 radical (unpaired) electrons. The maximum Gasteiger partial charge on any atom is 0.412 e. The highest BCUT2D eigenvalue weighted by molar-refractivity contribution is 6.08. The molecule has 1 saturated heterocycles. The van der Waals surface area contributed by atoms with Crippen LogP contribution in [0.3, 0.4) is 0 Å². The number of likely N-dealkylation sites (tertiary alicyclic amines) is 1. The van der Waals surface area contributed by atoms with E-state index in [0.717, 1.165) is 38.9 Å². The quantitative estimate of drug-likeness (QED) is 0.436. The first kappa shape index (κ1) is 25.7. The molecule has 36 heavy (non-hydrogen) atoms. The largest absolute Gasteiger partial charge is 0.412 e. The van der Waals surface area contributed by atoms with Crippen molar-refractivity contribution in [3.8, 4) is 0 Å². The summed E-state index contributed by atoms with van der Waals surface area (Å²) in [6.07, 6.45) is 3.23. The molecule has 1 unspecified atom stereocenters.